The number of nitrogens with one attached hydrogen (secondary N) is 1. The van der Waals surface area contributed by atoms with Crippen molar-refractivity contribution in [1.82, 2.24) is 15.2 Å². The zero-order chi connectivity index (χ0) is 17.8. The van der Waals surface area contributed by atoms with Gasteiger partial charge in [0.2, 0.25) is 5.89 Å². The van der Waals surface area contributed by atoms with Gasteiger partial charge >= 0.3 is 6.01 Å². The van der Waals surface area contributed by atoms with Gasteiger partial charge in [-0.2, -0.15) is 0 Å². The van der Waals surface area contributed by atoms with Crippen LogP contribution in [0.3, 0.4) is 0 Å². The van der Waals surface area contributed by atoms with Crippen molar-refractivity contribution < 1.29 is 9.21 Å². The van der Waals surface area contributed by atoms with Gasteiger partial charge in [-0.15, -0.1) is 28.2 Å². The maximum Gasteiger partial charge on any atom is 0.322 e. The van der Waals surface area contributed by atoms with Crippen molar-refractivity contribution in [3.8, 4) is 0 Å². The molecular weight excluding hydrogens is 368 g/mol. The minimum Gasteiger partial charge on any atom is -0.408 e. The number of anilines is 1. The fraction of sp³-hybridized carbons (Fsp3) is 0.111. The number of carbonyl (C=O) groups is 1. The number of carbonyl (C=O) groups excluding carboxylic acids is 1. The molecule has 130 valence electrons. The van der Waals surface area contributed by atoms with Crippen LogP contribution in [0.15, 0.2) is 63.9 Å². The van der Waals surface area contributed by atoms with Crippen LogP contribution in [-0.4, -0.2) is 26.8 Å². The topological polar surface area (TPSA) is 80.9 Å². The molecule has 26 heavy (non-hydrogen) atoms. The lowest BCUT2D eigenvalue weighted by atomic mass is 10.3. The van der Waals surface area contributed by atoms with Crippen molar-refractivity contribution in [3.63, 3.8) is 0 Å². The quantitative estimate of drug-likeness (QED) is 0.502. The number of aromatic nitrogens is 3. The molecule has 0 bridgehead atoms. The van der Waals surface area contributed by atoms with Gasteiger partial charge in [0.05, 0.1) is 10.2 Å². The molecule has 1 amide bonds. The Labute approximate surface area is 157 Å². The number of hydrogen-bond acceptors (Lipinski definition) is 7. The second kappa shape index (κ2) is 7.67. The maximum atomic E-state index is 12.3. The van der Waals surface area contributed by atoms with Crippen LogP contribution in [0, 0.1) is 0 Å². The second-order valence-corrected chi connectivity index (χ2v) is 7.55. The molecular formula is C18H14N4O2S2. The summed E-state index contributed by atoms with van der Waals surface area (Å²) in [7, 11) is 0. The molecule has 0 fully saturated rings. The van der Waals surface area contributed by atoms with Crippen molar-refractivity contribution in [3.05, 3.63) is 65.5 Å². The van der Waals surface area contributed by atoms with Gasteiger partial charge in [0.25, 0.3) is 5.91 Å². The third kappa shape index (κ3) is 3.92. The number of hydrogen-bond donors (Lipinski definition) is 1. The molecule has 2 aromatic heterocycles. The number of fused-ring (bicyclic) bond motifs is 1. The normalized spacial score (nSPS) is 10.9. The summed E-state index contributed by atoms with van der Waals surface area (Å²) in [5.41, 5.74) is 0.798. The van der Waals surface area contributed by atoms with E-state index < -0.39 is 0 Å². The molecule has 4 rings (SSSR count). The molecule has 8 heteroatoms. The fourth-order valence-electron chi connectivity index (χ4n) is 2.30. The summed E-state index contributed by atoms with van der Waals surface area (Å²) in [4.78, 5) is 17.8. The zero-order valence-corrected chi connectivity index (χ0v) is 15.2. The molecule has 4 aromatic rings. The van der Waals surface area contributed by atoms with Gasteiger partial charge in [0, 0.05) is 17.1 Å². The Hall–Kier alpha value is -2.71. The number of aryl methyl sites for hydroxylation is 1. The number of nitrogens with zero attached hydrogens (tertiary/aromatic N) is 3. The first-order valence-electron chi connectivity index (χ1n) is 7.95. The van der Waals surface area contributed by atoms with Gasteiger partial charge in [-0.05, 0) is 24.3 Å². The van der Waals surface area contributed by atoms with Gasteiger partial charge in [-0.1, -0.05) is 35.4 Å². The van der Waals surface area contributed by atoms with Crippen molar-refractivity contribution in [2.45, 2.75) is 11.3 Å². The highest BCUT2D eigenvalue weighted by molar-refractivity contribution is 7.99. The lowest BCUT2D eigenvalue weighted by Gasteiger charge is -1.98. The minimum atomic E-state index is -0.347. The summed E-state index contributed by atoms with van der Waals surface area (Å²) in [6.45, 7) is 0. The van der Waals surface area contributed by atoms with Crippen LogP contribution in [0.5, 0.6) is 0 Å². The molecule has 0 unspecified atom stereocenters. The Balaban J connectivity index is 1.34. The fourth-order valence-corrected chi connectivity index (χ4v) is 4.02. The number of rotatable bonds is 6. The molecule has 0 saturated carbocycles. The second-order valence-electron chi connectivity index (χ2n) is 5.35. The molecule has 0 atom stereocenters. The first-order valence-corrected chi connectivity index (χ1v) is 9.75. The standard InChI is InChI=1S/C18H14N4O2S2/c23-16(17-19-13-8-4-5-9-14(13)26-17)20-18-22-21-15(24-18)10-11-25-12-6-2-1-3-7-12/h1-9H,10-11H2,(H,20,22,23). The van der Waals surface area contributed by atoms with Crippen LogP contribution in [0.25, 0.3) is 10.2 Å². The van der Waals surface area contributed by atoms with E-state index in [1.807, 2.05) is 42.5 Å². The van der Waals surface area contributed by atoms with Gasteiger partial charge in [-0.3, -0.25) is 10.1 Å². The first kappa shape index (κ1) is 16.7. The zero-order valence-electron chi connectivity index (χ0n) is 13.6. The molecule has 2 heterocycles. The van der Waals surface area contributed by atoms with E-state index in [2.05, 4.69) is 32.6 Å². The van der Waals surface area contributed by atoms with E-state index in [1.54, 1.807) is 11.8 Å². The molecule has 2 aromatic carbocycles. The molecule has 0 saturated heterocycles. The van der Waals surface area contributed by atoms with Gasteiger partial charge in [0.1, 0.15) is 0 Å². The van der Waals surface area contributed by atoms with Gasteiger partial charge in [0.15, 0.2) is 5.01 Å². The number of benzene rings is 2. The number of amides is 1. The molecule has 0 aliphatic carbocycles. The van der Waals surface area contributed by atoms with Crippen molar-refractivity contribution >= 4 is 45.2 Å². The molecule has 0 aliphatic heterocycles. The summed E-state index contributed by atoms with van der Waals surface area (Å²) >= 11 is 3.04. The highest BCUT2D eigenvalue weighted by Crippen LogP contribution is 2.22. The van der Waals surface area contributed by atoms with Crippen LogP contribution in [0.1, 0.15) is 15.7 Å². The van der Waals surface area contributed by atoms with Crippen LogP contribution in [0.2, 0.25) is 0 Å². The third-order valence-corrected chi connectivity index (χ3v) is 5.55. The Bertz CT molecular complexity index is 997. The predicted molar refractivity (Wildman–Crippen MR) is 103 cm³/mol. The van der Waals surface area contributed by atoms with Gasteiger partial charge < -0.3 is 4.42 Å². The van der Waals surface area contributed by atoms with E-state index in [-0.39, 0.29) is 11.9 Å². The first-order chi connectivity index (χ1) is 12.8. The Morgan fingerprint density at radius 3 is 2.73 bits per heavy atom. The molecule has 0 aliphatic rings. The van der Waals surface area contributed by atoms with E-state index in [0.29, 0.717) is 17.3 Å². The largest absolute Gasteiger partial charge is 0.408 e. The summed E-state index contributed by atoms with van der Waals surface area (Å²) in [6.07, 6.45) is 0.629. The number of thioether (sulfide) groups is 1. The summed E-state index contributed by atoms with van der Waals surface area (Å²) in [5.74, 6) is 0.963. The third-order valence-electron chi connectivity index (χ3n) is 3.50. The van der Waals surface area contributed by atoms with E-state index in [9.17, 15) is 4.79 Å². The average molecular weight is 382 g/mol. The van der Waals surface area contributed by atoms with E-state index in [1.165, 1.54) is 16.2 Å². The monoisotopic (exact) mass is 382 g/mol. The van der Waals surface area contributed by atoms with Crippen LogP contribution >= 0.6 is 23.1 Å². The average Bonchev–Trinajstić information content (AvgIpc) is 3.29. The van der Waals surface area contributed by atoms with E-state index in [4.69, 9.17) is 4.42 Å². The number of para-hydroxylation sites is 1. The minimum absolute atomic E-state index is 0.0916. The van der Waals surface area contributed by atoms with Crippen LogP contribution in [0.4, 0.5) is 6.01 Å². The van der Waals surface area contributed by atoms with Crippen molar-refractivity contribution in [2.24, 2.45) is 0 Å². The summed E-state index contributed by atoms with van der Waals surface area (Å²) < 4.78 is 6.46. The van der Waals surface area contributed by atoms with Crippen molar-refractivity contribution in [1.29, 1.82) is 0 Å². The van der Waals surface area contributed by atoms with Crippen LogP contribution < -0.4 is 5.32 Å². The lowest BCUT2D eigenvalue weighted by molar-refractivity contribution is 0.102. The van der Waals surface area contributed by atoms with E-state index in [0.717, 1.165) is 16.0 Å². The highest BCUT2D eigenvalue weighted by atomic mass is 32.2. The summed E-state index contributed by atoms with van der Waals surface area (Å²) in [6, 6.07) is 17.8. The maximum absolute atomic E-state index is 12.3. The lowest BCUT2D eigenvalue weighted by Crippen LogP contribution is -2.11. The smallest absolute Gasteiger partial charge is 0.322 e. The van der Waals surface area contributed by atoms with E-state index >= 15 is 0 Å². The highest BCUT2D eigenvalue weighted by Gasteiger charge is 2.15. The molecule has 1 N–H and O–H groups in total. The SMILES string of the molecule is O=C(Nc1nnc(CCSc2ccccc2)o1)c1nc2ccccc2s1. The Kier molecular flexibility index (Phi) is 4.94. The molecule has 6 nitrogen and oxygen atoms in total. The summed E-state index contributed by atoms with van der Waals surface area (Å²) in [5, 5.41) is 10.8. The number of thiazole rings is 1. The molecule has 0 radical (unpaired) electrons. The van der Waals surface area contributed by atoms with Crippen molar-refractivity contribution in [2.75, 3.05) is 11.1 Å². The molecule has 0 spiro atoms. The Morgan fingerprint density at radius 1 is 1.08 bits per heavy atom. The predicted octanol–water partition coefficient (Wildman–Crippen LogP) is 4.27. The van der Waals surface area contributed by atoms with Crippen LogP contribution in [-0.2, 0) is 6.42 Å². The van der Waals surface area contributed by atoms with Gasteiger partial charge in [-0.25, -0.2) is 4.98 Å². The Morgan fingerprint density at radius 2 is 1.88 bits per heavy atom.